The summed E-state index contributed by atoms with van der Waals surface area (Å²) >= 11 is 6.60. The molecule has 2 aliphatic rings. The number of ether oxygens (including phenoxy) is 2. The van der Waals surface area contributed by atoms with Crippen LogP contribution in [0.15, 0.2) is 77.9 Å². The molecule has 2 aliphatic heterocycles. The fourth-order valence-corrected chi connectivity index (χ4v) is 5.75. The van der Waals surface area contributed by atoms with E-state index in [0.717, 1.165) is 49.2 Å². The van der Waals surface area contributed by atoms with Gasteiger partial charge in [0.15, 0.2) is 0 Å². The summed E-state index contributed by atoms with van der Waals surface area (Å²) in [5.74, 6) is 2.00. The molecule has 0 unspecified atom stereocenters. The highest BCUT2D eigenvalue weighted by Gasteiger charge is 2.36. The van der Waals surface area contributed by atoms with Crippen molar-refractivity contribution in [3.8, 4) is 11.5 Å². The summed E-state index contributed by atoms with van der Waals surface area (Å²) < 4.78 is 11.0. The Morgan fingerprint density at radius 2 is 1.71 bits per heavy atom. The van der Waals surface area contributed by atoms with Crippen LogP contribution in [0.25, 0.3) is 0 Å². The summed E-state index contributed by atoms with van der Waals surface area (Å²) in [6, 6.07) is 23.8. The fourth-order valence-electron chi connectivity index (χ4n) is 5.49. The lowest BCUT2D eigenvalue weighted by Crippen LogP contribution is -2.42. The van der Waals surface area contributed by atoms with Gasteiger partial charge in [0.2, 0.25) is 0 Å². The summed E-state index contributed by atoms with van der Waals surface area (Å²) in [5, 5.41) is 7.12. The second-order valence-corrected chi connectivity index (χ2v) is 10.4. The average Bonchev–Trinajstić information content (AvgIpc) is 3.40. The SMILES string of the molecule is COc1ccc(C2=NN(C(=O)CN3CCC(Cc4ccccc4)CC3)[C@H](c3ccccc3Cl)C2)c(OC)c1. The van der Waals surface area contributed by atoms with Gasteiger partial charge in [0.25, 0.3) is 5.91 Å². The van der Waals surface area contributed by atoms with Crippen LogP contribution in [0.5, 0.6) is 11.5 Å². The number of hydrogen-bond acceptors (Lipinski definition) is 5. The highest BCUT2D eigenvalue weighted by atomic mass is 35.5. The van der Waals surface area contributed by atoms with Crippen molar-refractivity contribution in [3.05, 3.63) is 94.5 Å². The monoisotopic (exact) mass is 531 g/mol. The van der Waals surface area contributed by atoms with Crippen LogP contribution < -0.4 is 9.47 Å². The number of carbonyl (C=O) groups is 1. The zero-order valence-corrected chi connectivity index (χ0v) is 22.7. The number of carbonyl (C=O) groups excluding carboxylic acids is 1. The van der Waals surface area contributed by atoms with E-state index in [1.165, 1.54) is 5.56 Å². The van der Waals surface area contributed by atoms with Gasteiger partial charge in [-0.3, -0.25) is 9.69 Å². The van der Waals surface area contributed by atoms with E-state index in [4.69, 9.17) is 26.2 Å². The van der Waals surface area contributed by atoms with Crippen molar-refractivity contribution in [2.75, 3.05) is 33.9 Å². The zero-order chi connectivity index (χ0) is 26.5. The normalized spacial score (nSPS) is 18.3. The molecular weight excluding hydrogens is 498 g/mol. The molecule has 3 aromatic carbocycles. The standard InChI is InChI=1S/C31H34ClN3O3/c1-37-24-12-13-26(30(19-24)38-2)28-20-29(25-10-6-7-11-27(25)32)35(33-28)31(36)21-34-16-14-23(15-17-34)18-22-8-4-3-5-9-22/h3-13,19,23,29H,14-18,20-21H2,1-2H3/t29-/m0/s1. The Bertz CT molecular complexity index is 1290. The second-order valence-electron chi connectivity index (χ2n) is 10.0. The molecule has 5 rings (SSSR count). The Morgan fingerprint density at radius 1 is 0.974 bits per heavy atom. The van der Waals surface area contributed by atoms with Gasteiger partial charge >= 0.3 is 0 Å². The molecule has 3 aromatic rings. The van der Waals surface area contributed by atoms with E-state index < -0.39 is 0 Å². The first kappa shape index (κ1) is 26.3. The largest absolute Gasteiger partial charge is 0.497 e. The quantitative estimate of drug-likeness (QED) is 0.358. The van der Waals surface area contributed by atoms with E-state index in [0.29, 0.717) is 35.4 Å². The van der Waals surface area contributed by atoms with Crippen LogP contribution in [0.3, 0.4) is 0 Å². The highest BCUT2D eigenvalue weighted by Crippen LogP contribution is 2.38. The Kier molecular flexibility index (Phi) is 8.30. The molecule has 0 bridgehead atoms. The minimum Gasteiger partial charge on any atom is -0.497 e. The maximum Gasteiger partial charge on any atom is 0.257 e. The van der Waals surface area contributed by atoms with Gasteiger partial charge in [-0.15, -0.1) is 0 Å². The molecule has 0 radical (unpaired) electrons. The third-order valence-corrected chi connectivity index (χ3v) is 7.93. The predicted molar refractivity (Wildman–Crippen MR) is 151 cm³/mol. The molecule has 1 atom stereocenters. The van der Waals surface area contributed by atoms with Gasteiger partial charge in [0.1, 0.15) is 11.5 Å². The molecule has 0 N–H and O–H groups in total. The topological polar surface area (TPSA) is 54.4 Å². The number of halogens is 1. The van der Waals surface area contributed by atoms with E-state index in [1.54, 1.807) is 19.2 Å². The van der Waals surface area contributed by atoms with Crippen LogP contribution >= 0.6 is 11.6 Å². The van der Waals surface area contributed by atoms with E-state index >= 15 is 0 Å². The molecule has 1 fully saturated rings. The van der Waals surface area contributed by atoms with Crippen molar-refractivity contribution < 1.29 is 14.3 Å². The number of hydrazone groups is 1. The average molecular weight is 532 g/mol. The highest BCUT2D eigenvalue weighted by molar-refractivity contribution is 6.31. The lowest BCUT2D eigenvalue weighted by molar-refractivity contribution is -0.134. The van der Waals surface area contributed by atoms with Gasteiger partial charge < -0.3 is 9.47 Å². The Balaban J connectivity index is 1.32. The second kappa shape index (κ2) is 12.0. The number of rotatable bonds is 8. The lowest BCUT2D eigenvalue weighted by atomic mass is 9.90. The molecule has 0 aliphatic carbocycles. The summed E-state index contributed by atoms with van der Waals surface area (Å²) in [6.07, 6.45) is 3.83. The van der Waals surface area contributed by atoms with Gasteiger partial charge in [0.05, 0.1) is 32.5 Å². The van der Waals surface area contributed by atoms with Gasteiger partial charge in [-0.2, -0.15) is 5.10 Å². The van der Waals surface area contributed by atoms with E-state index in [2.05, 4.69) is 35.2 Å². The van der Waals surface area contributed by atoms with Crippen molar-refractivity contribution in [2.24, 2.45) is 11.0 Å². The number of methoxy groups -OCH3 is 2. The smallest absolute Gasteiger partial charge is 0.257 e. The van der Waals surface area contributed by atoms with Crippen LogP contribution in [-0.4, -0.2) is 55.4 Å². The minimum absolute atomic E-state index is 0.0149. The van der Waals surface area contributed by atoms with E-state index in [-0.39, 0.29) is 11.9 Å². The minimum atomic E-state index is -0.270. The van der Waals surface area contributed by atoms with Crippen LogP contribution in [-0.2, 0) is 11.2 Å². The number of nitrogens with zero attached hydrogens (tertiary/aromatic N) is 3. The molecular formula is C31H34ClN3O3. The summed E-state index contributed by atoms with van der Waals surface area (Å²) in [7, 11) is 3.25. The molecule has 7 heteroatoms. The molecule has 0 spiro atoms. The molecule has 0 saturated carbocycles. The number of piperidine rings is 1. The third-order valence-electron chi connectivity index (χ3n) is 7.58. The van der Waals surface area contributed by atoms with Crippen LogP contribution in [0.4, 0.5) is 0 Å². The zero-order valence-electron chi connectivity index (χ0n) is 22.0. The van der Waals surface area contributed by atoms with Crippen molar-refractivity contribution in [1.29, 1.82) is 0 Å². The van der Waals surface area contributed by atoms with Crippen molar-refractivity contribution in [2.45, 2.75) is 31.7 Å². The first-order chi connectivity index (χ1) is 18.6. The van der Waals surface area contributed by atoms with Crippen LogP contribution in [0.2, 0.25) is 5.02 Å². The molecule has 198 valence electrons. The van der Waals surface area contributed by atoms with Crippen LogP contribution in [0.1, 0.15) is 42.0 Å². The number of amides is 1. The molecule has 1 amide bonds. The van der Waals surface area contributed by atoms with Crippen molar-refractivity contribution in [1.82, 2.24) is 9.91 Å². The molecule has 6 nitrogen and oxygen atoms in total. The number of hydrogen-bond donors (Lipinski definition) is 0. The lowest BCUT2D eigenvalue weighted by Gasteiger charge is -2.33. The Labute approximate surface area is 229 Å². The van der Waals surface area contributed by atoms with Crippen LogP contribution in [0, 0.1) is 5.92 Å². The third kappa shape index (κ3) is 5.87. The number of likely N-dealkylation sites (tertiary alicyclic amines) is 1. The van der Waals surface area contributed by atoms with Gasteiger partial charge in [-0.05, 0) is 67.6 Å². The Morgan fingerprint density at radius 3 is 2.42 bits per heavy atom. The first-order valence-corrected chi connectivity index (χ1v) is 13.6. The number of benzene rings is 3. The van der Waals surface area contributed by atoms with E-state index in [1.807, 2.05) is 42.5 Å². The van der Waals surface area contributed by atoms with E-state index in [9.17, 15) is 4.79 Å². The maximum absolute atomic E-state index is 13.7. The summed E-state index contributed by atoms with van der Waals surface area (Å²) in [4.78, 5) is 16.0. The molecule has 1 saturated heterocycles. The van der Waals surface area contributed by atoms with Gasteiger partial charge in [-0.25, -0.2) is 5.01 Å². The van der Waals surface area contributed by atoms with Gasteiger partial charge in [-0.1, -0.05) is 60.1 Å². The van der Waals surface area contributed by atoms with Crippen molar-refractivity contribution in [3.63, 3.8) is 0 Å². The fraction of sp³-hybridized carbons (Fsp3) is 0.355. The van der Waals surface area contributed by atoms with Crippen molar-refractivity contribution >= 4 is 23.2 Å². The maximum atomic E-state index is 13.7. The molecule has 0 aromatic heterocycles. The predicted octanol–water partition coefficient (Wildman–Crippen LogP) is 5.99. The molecule has 2 heterocycles. The summed E-state index contributed by atoms with van der Waals surface area (Å²) in [6.45, 7) is 2.17. The Hall–Kier alpha value is -3.35. The molecule has 38 heavy (non-hydrogen) atoms. The summed E-state index contributed by atoms with van der Waals surface area (Å²) in [5.41, 5.74) is 3.93. The van der Waals surface area contributed by atoms with Gasteiger partial charge in [0, 0.05) is 23.1 Å². The first-order valence-electron chi connectivity index (χ1n) is 13.2.